The zero-order chi connectivity index (χ0) is 15.6. The molecule has 1 aliphatic heterocycles. The van der Waals surface area contributed by atoms with Crippen molar-refractivity contribution in [3.63, 3.8) is 0 Å². The average molecular weight is 301 g/mol. The van der Waals surface area contributed by atoms with Gasteiger partial charge in [0.1, 0.15) is 0 Å². The molecule has 0 spiro atoms. The Morgan fingerprint density at radius 2 is 2.10 bits per heavy atom. The monoisotopic (exact) mass is 301 g/mol. The number of halogens is 3. The lowest BCUT2D eigenvalue weighted by atomic mass is 10.1. The van der Waals surface area contributed by atoms with Crippen molar-refractivity contribution in [3.05, 3.63) is 29.6 Å². The number of hydrogen-bond donors (Lipinski definition) is 2. The largest absolute Gasteiger partial charge is 0.330 e. The van der Waals surface area contributed by atoms with Crippen molar-refractivity contribution >= 4 is 11.6 Å². The summed E-state index contributed by atoms with van der Waals surface area (Å²) >= 11 is 0. The van der Waals surface area contributed by atoms with Crippen LogP contribution in [0, 0.1) is 23.4 Å². The standard InChI is InChI=1S/C14H18F3N3O/c1-8-4-9(5-18)6-20(8)7-12(21)19-11-3-2-10(15)13(16)14(11)17/h2-3,8-9H,4-7,18H2,1H3,(H,19,21). The number of amides is 1. The fraction of sp³-hybridized carbons (Fsp3) is 0.500. The summed E-state index contributed by atoms with van der Waals surface area (Å²) in [7, 11) is 0. The molecule has 4 nitrogen and oxygen atoms in total. The zero-order valence-electron chi connectivity index (χ0n) is 11.7. The first-order valence-electron chi connectivity index (χ1n) is 6.79. The van der Waals surface area contributed by atoms with Gasteiger partial charge in [-0.15, -0.1) is 0 Å². The van der Waals surface area contributed by atoms with E-state index >= 15 is 0 Å². The number of nitrogens with two attached hydrogens (primary N) is 1. The van der Waals surface area contributed by atoms with Gasteiger partial charge in [-0.2, -0.15) is 0 Å². The molecule has 2 atom stereocenters. The van der Waals surface area contributed by atoms with Gasteiger partial charge in [0.25, 0.3) is 0 Å². The number of nitrogens with one attached hydrogen (secondary N) is 1. The first-order chi connectivity index (χ1) is 9.92. The first kappa shape index (κ1) is 15.8. The smallest absolute Gasteiger partial charge is 0.238 e. The molecule has 1 amide bonds. The van der Waals surface area contributed by atoms with Gasteiger partial charge in [0, 0.05) is 12.6 Å². The van der Waals surface area contributed by atoms with Gasteiger partial charge in [0.15, 0.2) is 17.5 Å². The summed E-state index contributed by atoms with van der Waals surface area (Å²) in [6, 6.07) is 1.98. The van der Waals surface area contributed by atoms with Gasteiger partial charge in [0.2, 0.25) is 5.91 Å². The number of nitrogens with zero attached hydrogens (tertiary/aromatic N) is 1. The Labute approximate surface area is 121 Å². The van der Waals surface area contributed by atoms with E-state index < -0.39 is 23.4 Å². The van der Waals surface area contributed by atoms with Crippen LogP contribution in [-0.2, 0) is 4.79 Å². The van der Waals surface area contributed by atoms with Gasteiger partial charge in [-0.1, -0.05) is 0 Å². The van der Waals surface area contributed by atoms with Gasteiger partial charge in [-0.3, -0.25) is 9.69 Å². The van der Waals surface area contributed by atoms with E-state index in [4.69, 9.17) is 5.73 Å². The van der Waals surface area contributed by atoms with Gasteiger partial charge >= 0.3 is 0 Å². The summed E-state index contributed by atoms with van der Waals surface area (Å²) in [5.41, 5.74) is 5.25. The minimum Gasteiger partial charge on any atom is -0.330 e. The number of carbonyl (C=O) groups is 1. The average Bonchev–Trinajstić information content (AvgIpc) is 2.80. The van der Waals surface area contributed by atoms with E-state index in [1.165, 1.54) is 0 Å². The lowest BCUT2D eigenvalue weighted by molar-refractivity contribution is -0.117. The van der Waals surface area contributed by atoms with Crippen LogP contribution < -0.4 is 11.1 Å². The Morgan fingerprint density at radius 3 is 2.71 bits per heavy atom. The van der Waals surface area contributed by atoms with Crippen molar-refractivity contribution in [2.75, 3.05) is 25.0 Å². The van der Waals surface area contributed by atoms with E-state index in [1.54, 1.807) is 0 Å². The van der Waals surface area contributed by atoms with Crippen LogP contribution in [0.2, 0.25) is 0 Å². The van der Waals surface area contributed by atoms with Crippen LogP contribution in [0.15, 0.2) is 12.1 Å². The Bertz CT molecular complexity index is 538. The highest BCUT2D eigenvalue weighted by molar-refractivity contribution is 5.92. The third-order valence-electron chi connectivity index (χ3n) is 3.78. The Kier molecular flexibility index (Phi) is 4.84. The molecule has 1 aromatic rings. The SMILES string of the molecule is CC1CC(CN)CN1CC(=O)Nc1ccc(F)c(F)c1F. The second-order valence-electron chi connectivity index (χ2n) is 5.39. The molecule has 1 aromatic carbocycles. The van der Waals surface area contributed by atoms with Crippen LogP contribution in [0.5, 0.6) is 0 Å². The molecule has 0 aromatic heterocycles. The molecule has 0 radical (unpaired) electrons. The minimum atomic E-state index is -1.59. The second kappa shape index (κ2) is 6.44. The lowest BCUT2D eigenvalue weighted by Gasteiger charge is -2.20. The maximum Gasteiger partial charge on any atom is 0.238 e. The zero-order valence-corrected chi connectivity index (χ0v) is 11.7. The molecular formula is C14H18F3N3O. The molecule has 1 saturated heterocycles. The lowest BCUT2D eigenvalue weighted by Crippen LogP contribution is -2.36. The molecule has 21 heavy (non-hydrogen) atoms. The van der Waals surface area contributed by atoms with Crippen LogP contribution in [0.1, 0.15) is 13.3 Å². The molecule has 1 aliphatic rings. The van der Waals surface area contributed by atoms with E-state index in [9.17, 15) is 18.0 Å². The van der Waals surface area contributed by atoms with E-state index in [-0.39, 0.29) is 18.3 Å². The number of likely N-dealkylation sites (tertiary alicyclic amines) is 1. The predicted octanol–water partition coefficient (Wildman–Crippen LogP) is 1.71. The van der Waals surface area contributed by atoms with Crippen LogP contribution >= 0.6 is 0 Å². The molecule has 1 heterocycles. The van der Waals surface area contributed by atoms with Crippen LogP contribution in [0.3, 0.4) is 0 Å². The number of carbonyl (C=O) groups excluding carboxylic acids is 1. The Balaban J connectivity index is 1.98. The molecule has 2 unspecified atom stereocenters. The molecule has 0 bridgehead atoms. The number of hydrogen-bond acceptors (Lipinski definition) is 3. The summed E-state index contributed by atoms with van der Waals surface area (Å²) in [6.07, 6.45) is 0.906. The molecule has 2 rings (SSSR count). The van der Waals surface area contributed by atoms with Crippen molar-refractivity contribution in [1.82, 2.24) is 4.90 Å². The Hall–Kier alpha value is -1.60. The van der Waals surface area contributed by atoms with Gasteiger partial charge < -0.3 is 11.1 Å². The predicted molar refractivity (Wildman–Crippen MR) is 73.1 cm³/mol. The molecule has 1 fully saturated rings. The second-order valence-corrected chi connectivity index (χ2v) is 5.39. The Morgan fingerprint density at radius 1 is 1.38 bits per heavy atom. The van der Waals surface area contributed by atoms with Crippen molar-refractivity contribution in [1.29, 1.82) is 0 Å². The highest BCUT2D eigenvalue weighted by Crippen LogP contribution is 2.23. The summed E-state index contributed by atoms with van der Waals surface area (Å²) in [5, 5.41) is 2.27. The fourth-order valence-corrected chi connectivity index (χ4v) is 2.61. The maximum absolute atomic E-state index is 13.5. The van der Waals surface area contributed by atoms with Crippen LogP contribution in [0.4, 0.5) is 18.9 Å². The van der Waals surface area contributed by atoms with E-state index in [0.29, 0.717) is 19.0 Å². The van der Waals surface area contributed by atoms with Crippen molar-refractivity contribution in [2.24, 2.45) is 11.7 Å². The minimum absolute atomic E-state index is 0.0656. The molecular weight excluding hydrogens is 283 g/mol. The molecule has 7 heteroatoms. The van der Waals surface area contributed by atoms with Gasteiger partial charge in [-0.25, -0.2) is 13.2 Å². The summed E-state index contributed by atoms with van der Waals surface area (Å²) in [4.78, 5) is 13.8. The summed E-state index contributed by atoms with van der Waals surface area (Å²) in [6.45, 7) is 3.31. The van der Waals surface area contributed by atoms with Gasteiger partial charge in [0.05, 0.1) is 12.2 Å². The van der Waals surface area contributed by atoms with Crippen LogP contribution in [-0.4, -0.2) is 36.5 Å². The molecule has 0 aliphatic carbocycles. The summed E-state index contributed by atoms with van der Waals surface area (Å²) in [5.74, 6) is -4.40. The van der Waals surface area contributed by atoms with Crippen LogP contribution in [0.25, 0.3) is 0 Å². The fourth-order valence-electron chi connectivity index (χ4n) is 2.61. The normalized spacial score (nSPS) is 22.5. The highest BCUT2D eigenvalue weighted by Gasteiger charge is 2.29. The third kappa shape index (κ3) is 3.54. The molecule has 116 valence electrons. The number of anilines is 1. The molecule has 0 saturated carbocycles. The number of benzene rings is 1. The molecule has 3 N–H and O–H groups in total. The quantitative estimate of drug-likeness (QED) is 0.832. The van der Waals surface area contributed by atoms with E-state index in [0.717, 1.165) is 18.6 Å². The highest BCUT2D eigenvalue weighted by atomic mass is 19.2. The van der Waals surface area contributed by atoms with E-state index in [2.05, 4.69) is 5.32 Å². The topological polar surface area (TPSA) is 58.4 Å². The van der Waals surface area contributed by atoms with Crippen molar-refractivity contribution < 1.29 is 18.0 Å². The maximum atomic E-state index is 13.5. The number of rotatable bonds is 4. The van der Waals surface area contributed by atoms with Crippen molar-refractivity contribution in [3.8, 4) is 0 Å². The van der Waals surface area contributed by atoms with Crippen molar-refractivity contribution in [2.45, 2.75) is 19.4 Å². The first-order valence-corrected chi connectivity index (χ1v) is 6.79. The van der Waals surface area contributed by atoms with Gasteiger partial charge in [-0.05, 0) is 37.9 Å². The van der Waals surface area contributed by atoms with E-state index in [1.807, 2.05) is 11.8 Å². The third-order valence-corrected chi connectivity index (χ3v) is 3.78. The summed E-state index contributed by atoms with van der Waals surface area (Å²) < 4.78 is 39.4.